The third-order valence-electron chi connectivity index (χ3n) is 3.88. The van der Waals surface area contributed by atoms with Gasteiger partial charge in [-0.05, 0) is 30.3 Å². The molecule has 0 spiro atoms. The number of hydrogen-bond acceptors (Lipinski definition) is 6. The molecule has 0 radical (unpaired) electrons. The normalized spacial score (nSPS) is 12.0. The summed E-state index contributed by atoms with van der Waals surface area (Å²) in [6.45, 7) is -0.211. The lowest BCUT2D eigenvalue weighted by Crippen LogP contribution is -2.25. The molecule has 13 heteroatoms. The Morgan fingerprint density at radius 1 is 1.20 bits per heavy atom. The van der Waals surface area contributed by atoms with Crippen molar-refractivity contribution in [3.63, 3.8) is 0 Å². The van der Waals surface area contributed by atoms with Crippen molar-refractivity contribution in [2.75, 3.05) is 6.26 Å². The lowest BCUT2D eigenvalue weighted by Gasteiger charge is -2.10. The number of alkyl halides is 3. The Morgan fingerprint density at radius 3 is 2.60 bits per heavy atom. The Labute approximate surface area is 173 Å². The standard InChI is InChI=1S/C17H13ClF3N5O3S/c1-30(28,29)13-5-10(4-12(18)7-13)16(27)23-8-15-24-9-25-26(15)14-6-11(2-3-22-14)17(19,20)21/h2-7,9H,8H2,1H3,(H,23,27). The van der Waals surface area contributed by atoms with Crippen LogP contribution in [0.3, 0.4) is 0 Å². The molecule has 2 aromatic heterocycles. The van der Waals surface area contributed by atoms with E-state index in [1.54, 1.807) is 0 Å². The number of pyridine rings is 1. The molecule has 158 valence electrons. The van der Waals surface area contributed by atoms with Crippen LogP contribution in [0.2, 0.25) is 5.02 Å². The predicted molar refractivity (Wildman–Crippen MR) is 99.9 cm³/mol. The van der Waals surface area contributed by atoms with Gasteiger partial charge in [0.15, 0.2) is 21.5 Å². The van der Waals surface area contributed by atoms with E-state index >= 15 is 0 Å². The fraction of sp³-hybridized carbons (Fsp3) is 0.176. The van der Waals surface area contributed by atoms with E-state index in [0.717, 1.165) is 41.7 Å². The van der Waals surface area contributed by atoms with Crippen molar-refractivity contribution in [1.29, 1.82) is 0 Å². The van der Waals surface area contributed by atoms with E-state index in [4.69, 9.17) is 11.6 Å². The third kappa shape index (κ3) is 4.94. The molecule has 0 aliphatic carbocycles. The maximum absolute atomic E-state index is 12.9. The van der Waals surface area contributed by atoms with Crippen molar-refractivity contribution >= 4 is 27.3 Å². The van der Waals surface area contributed by atoms with Crippen molar-refractivity contribution in [2.45, 2.75) is 17.6 Å². The summed E-state index contributed by atoms with van der Waals surface area (Å²) >= 11 is 5.89. The molecular weight excluding hydrogens is 447 g/mol. The Hall–Kier alpha value is -2.99. The second-order valence-electron chi connectivity index (χ2n) is 6.12. The van der Waals surface area contributed by atoms with E-state index < -0.39 is 27.5 Å². The molecule has 0 unspecified atom stereocenters. The van der Waals surface area contributed by atoms with Crippen LogP contribution in [0.5, 0.6) is 0 Å². The molecule has 1 aromatic carbocycles. The van der Waals surface area contributed by atoms with Crippen molar-refractivity contribution < 1.29 is 26.4 Å². The minimum absolute atomic E-state index is 0.00816. The number of halogens is 4. The SMILES string of the molecule is CS(=O)(=O)c1cc(Cl)cc(C(=O)NCc2ncnn2-c2cc(C(F)(F)F)ccn2)c1. The van der Waals surface area contributed by atoms with Crippen molar-refractivity contribution in [3.8, 4) is 5.82 Å². The van der Waals surface area contributed by atoms with Crippen LogP contribution in [-0.4, -0.2) is 40.3 Å². The molecule has 30 heavy (non-hydrogen) atoms. The number of carbonyl (C=O) groups is 1. The number of aromatic nitrogens is 4. The average Bonchev–Trinajstić information content (AvgIpc) is 3.13. The first-order valence-corrected chi connectivity index (χ1v) is 10.4. The van der Waals surface area contributed by atoms with Gasteiger partial charge in [0, 0.05) is 23.0 Å². The molecule has 8 nitrogen and oxygen atoms in total. The summed E-state index contributed by atoms with van der Waals surface area (Å²) in [5.74, 6) is -0.678. The summed E-state index contributed by atoms with van der Waals surface area (Å²) in [7, 11) is -3.59. The highest BCUT2D eigenvalue weighted by Gasteiger charge is 2.31. The van der Waals surface area contributed by atoms with E-state index in [1.807, 2.05) is 0 Å². The van der Waals surface area contributed by atoms with Crippen molar-refractivity contribution in [3.05, 3.63) is 64.8 Å². The number of benzene rings is 1. The largest absolute Gasteiger partial charge is 0.416 e. The van der Waals surface area contributed by atoms with E-state index in [1.165, 1.54) is 12.1 Å². The highest BCUT2D eigenvalue weighted by atomic mass is 35.5. The van der Waals surface area contributed by atoms with Gasteiger partial charge in [0.25, 0.3) is 5.91 Å². The summed E-state index contributed by atoms with van der Waals surface area (Å²) in [4.78, 5) is 20.1. The van der Waals surface area contributed by atoms with Gasteiger partial charge < -0.3 is 5.32 Å². The first kappa shape index (κ1) is 21.7. The zero-order valence-corrected chi connectivity index (χ0v) is 16.8. The Balaban J connectivity index is 1.82. The second-order valence-corrected chi connectivity index (χ2v) is 8.57. The summed E-state index contributed by atoms with van der Waals surface area (Å²) < 4.78 is 63.2. The maximum atomic E-state index is 12.9. The molecule has 2 heterocycles. The molecule has 0 atom stereocenters. The van der Waals surface area contributed by atoms with Gasteiger partial charge in [-0.1, -0.05) is 11.6 Å². The van der Waals surface area contributed by atoms with Crippen LogP contribution < -0.4 is 5.32 Å². The van der Waals surface area contributed by atoms with E-state index in [0.29, 0.717) is 0 Å². The predicted octanol–water partition coefficient (Wildman–Crippen LogP) is 2.67. The first-order chi connectivity index (χ1) is 13.9. The number of nitrogens with zero attached hydrogens (tertiary/aromatic N) is 4. The fourth-order valence-corrected chi connectivity index (χ4v) is 3.44. The maximum Gasteiger partial charge on any atom is 0.416 e. The number of rotatable bonds is 5. The number of hydrogen-bond donors (Lipinski definition) is 1. The molecule has 0 saturated carbocycles. The van der Waals surface area contributed by atoms with Gasteiger partial charge in [-0.25, -0.2) is 18.4 Å². The summed E-state index contributed by atoms with van der Waals surface area (Å²) in [5.41, 5.74) is -0.920. The fourth-order valence-electron chi connectivity index (χ4n) is 2.46. The lowest BCUT2D eigenvalue weighted by atomic mass is 10.2. The topological polar surface area (TPSA) is 107 Å². The van der Waals surface area contributed by atoms with Crippen LogP contribution in [0.4, 0.5) is 13.2 Å². The molecule has 0 fully saturated rings. The first-order valence-electron chi connectivity index (χ1n) is 8.16. The molecule has 1 amide bonds. The van der Waals surface area contributed by atoms with Crippen LogP contribution in [0.1, 0.15) is 21.7 Å². The molecule has 0 aliphatic rings. The van der Waals surface area contributed by atoms with Gasteiger partial charge in [-0.3, -0.25) is 4.79 Å². The van der Waals surface area contributed by atoms with Crippen LogP contribution in [-0.2, 0) is 22.6 Å². The van der Waals surface area contributed by atoms with Gasteiger partial charge in [-0.2, -0.15) is 23.0 Å². The van der Waals surface area contributed by atoms with Crippen molar-refractivity contribution in [1.82, 2.24) is 25.1 Å². The molecular formula is C17H13ClF3N5O3S. The zero-order chi connectivity index (χ0) is 22.1. The summed E-state index contributed by atoms with van der Waals surface area (Å²) in [6, 6.07) is 5.28. The van der Waals surface area contributed by atoms with Crippen LogP contribution in [0.15, 0.2) is 47.8 Å². The quantitative estimate of drug-likeness (QED) is 0.628. The van der Waals surface area contributed by atoms with E-state index in [-0.39, 0.29) is 33.7 Å². The minimum atomic E-state index is -4.56. The number of carbonyl (C=O) groups excluding carboxylic acids is 1. The highest BCUT2D eigenvalue weighted by molar-refractivity contribution is 7.90. The Morgan fingerprint density at radius 2 is 1.93 bits per heavy atom. The molecule has 0 bridgehead atoms. The van der Waals surface area contributed by atoms with Crippen LogP contribution >= 0.6 is 11.6 Å². The van der Waals surface area contributed by atoms with E-state index in [9.17, 15) is 26.4 Å². The number of sulfone groups is 1. The summed E-state index contributed by atoms with van der Waals surface area (Å²) in [5, 5.41) is 6.40. The summed E-state index contributed by atoms with van der Waals surface area (Å²) in [6.07, 6.45) is -1.49. The smallest absolute Gasteiger partial charge is 0.345 e. The third-order valence-corrected chi connectivity index (χ3v) is 5.19. The monoisotopic (exact) mass is 459 g/mol. The molecule has 0 aliphatic heterocycles. The number of amides is 1. The van der Waals surface area contributed by atoms with Gasteiger partial charge >= 0.3 is 6.18 Å². The Bertz CT molecular complexity index is 1210. The van der Waals surface area contributed by atoms with Crippen molar-refractivity contribution in [2.24, 2.45) is 0 Å². The van der Waals surface area contributed by atoms with Crippen LogP contribution in [0.25, 0.3) is 5.82 Å². The van der Waals surface area contributed by atoms with E-state index in [2.05, 4.69) is 20.4 Å². The van der Waals surface area contributed by atoms with Gasteiger partial charge in [0.05, 0.1) is 17.0 Å². The number of nitrogens with one attached hydrogen (secondary N) is 1. The second kappa shape index (κ2) is 8.03. The molecule has 3 rings (SSSR count). The molecule has 0 saturated heterocycles. The zero-order valence-electron chi connectivity index (χ0n) is 15.2. The van der Waals surface area contributed by atoms with Gasteiger partial charge in [0.1, 0.15) is 6.33 Å². The van der Waals surface area contributed by atoms with Gasteiger partial charge in [-0.15, -0.1) is 0 Å². The van der Waals surface area contributed by atoms with Crippen LogP contribution in [0, 0.1) is 0 Å². The molecule has 1 N–H and O–H groups in total. The highest BCUT2D eigenvalue weighted by Crippen LogP contribution is 2.29. The average molecular weight is 460 g/mol. The lowest BCUT2D eigenvalue weighted by molar-refractivity contribution is -0.137. The molecule has 3 aromatic rings. The van der Waals surface area contributed by atoms with Gasteiger partial charge in [0.2, 0.25) is 0 Å². The minimum Gasteiger partial charge on any atom is -0.345 e. The Kier molecular flexibility index (Phi) is 5.81.